The predicted octanol–water partition coefficient (Wildman–Crippen LogP) is 2.14. The van der Waals surface area contributed by atoms with Crippen molar-refractivity contribution in [3.05, 3.63) is 28.2 Å². The Kier molecular flexibility index (Phi) is 4.32. The first-order valence-electron chi connectivity index (χ1n) is 4.67. The van der Waals surface area contributed by atoms with Crippen LogP contribution in [0.1, 0.15) is 16.8 Å². The number of phenols is 1. The van der Waals surface area contributed by atoms with Crippen LogP contribution < -0.4 is 0 Å². The van der Waals surface area contributed by atoms with Gasteiger partial charge in [0.1, 0.15) is 5.75 Å². The molecule has 1 N–H and O–H groups in total. The molecule has 1 amide bonds. The lowest BCUT2D eigenvalue weighted by Crippen LogP contribution is -2.27. The number of benzene rings is 1. The summed E-state index contributed by atoms with van der Waals surface area (Å²) in [6.45, 7) is 0.352. The summed E-state index contributed by atoms with van der Waals surface area (Å²) in [6, 6.07) is 6.66. The lowest BCUT2D eigenvalue weighted by molar-refractivity contribution is 0.0795. The molecule has 0 saturated heterocycles. The van der Waals surface area contributed by atoms with Gasteiger partial charge in [-0.15, -0.1) is 0 Å². The van der Waals surface area contributed by atoms with Crippen molar-refractivity contribution in [3.63, 3.8) is 0 Å². The molecule has 0 radical (unpaired) electrons. The van der Waals surface area contributed by atoms with Gasteiger partial charge in [0.05, 0.1) is 18.1 Å². The molecule has 84 valence electrons. The number of rotatable bonds is 3. The van der Waals surface area contributed by atoms with Gasteiger partial charge in [-0.05, 0) is 18.2 Å². The average molecular weight is 283 g/mol. The van der Waals surface area contributed by atoms with Gasteiger partial charge in [-0.25, -0.2) is 0 Å². The SMILES string of the molecule is CN(CCC#N)C(=O)c1ccc(Br)cc1O. The van der Waals surface area contributed by atoms with Crippen LogP contribution in [0.4, 0.5) is 0 Å². The minimum Gasteiger partial charge on any atom is -0.507 e. The summed E-state index contributed by atoms with van der Waals surface area (Å²) >= 11 is 3.20. The molecule has 4 nitrogen and oxygen atoms in total. The molecule has 0 spiro atoms. The highest BCUT2D eigenvalue weighted by atomic mass is 79.9. The fourth-order valence-electron chi connectivity index (χ4n) is 1.21. The van der Waals surface area contributed by atoms with E-state index in [1.807, 2.05) is 6.07 Å². The maximum Gasteiger partial charge on any atom is 0.257 e. The summed E-state index contributed by atoms with van der Waals surface area (Å²) in [7, 11) is 1.60. The lowest BCUT2D eigenvalue weighted by Gasteiger charge is -2.16. The average Bonchev–Trinajstić information content (AvgIpc) is 2.25. The number of nitriles is 1. The van der Waals surface area contributed by atoms with Gasteiger partial charge in [-0.2, -0.15) is 5.26 Å². The Balaban J connectivity index is 2.84. The van der Waals surface area contributed by atoms with Crippen LogP contribution in [0.25, 0.3) is 0 Å². The predicted molar refractivity (Wildman–Crippen MR) is 63.0 cm³/mol. The number of hydrogen-bond acceptors (Lipinski definition) is 3. The molecule has 16 heavy (non-hydrogen) atoms. The number of halogens is 1. The molecule has 0 saturated carbocycles. The topological polar surface area (TPSA) is 64.3 Å². The zero-order valence-electron chi connectivity index (χ0n) is 8.77. The second kappa shape index (κ2) is 5.52. The van der Waals surface area contributed by atoms with Crippen molar-refractivity contribution in [2.24, 2.45) is 0 Å². The van der Waals surface area contributed by atoms with Gasteiger partial charge in [0.15, 0.2) is 0 Å². The van der Waals surface area contributed by atoms with E-state index < -0.39 is 0 Å². The van der Waals surface area contributed by atoms with Crippen molar-refractivity contribution in [1.82, 2.24) is 4.90 Å². The van der Waals surface area contributed by atoms with Gasteiger partial charge in [0.2, 0.25) is 0 Å². The molecule has 0 fully saturated rings. The third-order valence-electron chi connectivity index (χ3n) is 2.10. The standard InChI is InChI=1S/C11H11BrN2O2/c1-14(6-2-5-13)11(16)9-4-3-8(12)7-10(9)15/h3-4,7,15H,2,6H2,1H3. The first-order valence-corrected chi connectivity index (χ1v) is 5.46. The Hall–Kier alpha value is -1.54. The van der Waals surface area contributed by atoms with E-state index in [9.17, 15) is 9.90 Å². The van der Waals surface area contributed by atoms with E-state index in [0.29, 0.717) is 11.0 Å². The maximum atomic E-state index is 11.8. The number of phenolic OH excluding ortho intramolecular Hbond substituents is 1. The molecule has 0 aromatic heterocycles. The molecule has 1 rings (SSSR count). The minimum absolute atomic E-state index is 0.0665. The summed E-state index contributed by atoms with van der Waals surface area (Å²) in [5.74, 6) is -0.358. The van der Waals surface area contributed by atoms with Gasteiger partial charge in [-0.3, -0.25) is 4.79 Å². The van der Waals surface area contributed by atoms with E-state index in [1.165, 1.54) is 11.0 Å². The monoisotopic (exact) mass is 282 g/mol. The van der Waals surface area contributed by atoms with Gasteiger partial charge in [0, 0.05) is 18.1 Å². The molecule has 0 aliphatic heterocycles. The third kappa shape index (κ3) is 2.97. The number of carbonyl (C=O) groups is 1. The Morgan fingerprint density at radius 3 is 2.88 bits per heavy atom. The highest BCUT2D eigenvalue weighted by Gasteiger charge is 2.15. The number of hydrogen-bond donors (Lipinski definition) is 1. The van der Waals surface area contributed by atoms with Crippen LogP contribution in [0.5, 0.6) is 5.75 Å². The number of carbonyl (C=O) groups excluding carboxylic acids is 1. The smallest absolute Gasteiger partial charge is 0.257 e. The molecule has 0 atom stereocenters. The summed E-state index contributed by atoms with van der Waals surface area (Å²) < 4.78 is 0.709. The molecule has 0 aliphatic rings. The van der Waals surface area contributed by atoms with Gasteiger partial charge in [0.25, 0.3) is 5.91 Å². The van der Waals surface area contributed by atoms with E-state index in [0.717, 1.165) is 0 Å². The summed E-state index contributed by atoms with van der Waals surface area (Å²) in [4.78, 5) is 13.2. The van der Waals surface area contributed by atoms with Crippen LogP contribution in [-0.2, 0) is 0 Å². The van der Waals surface area contributed by atoms with Crippen molar-refractivity contribution < 1.29 is 9.90 Å². The molecule has 1 aromatic rings. The highest BCUT2D eigenvalue weighted by molar-refractivity contribution is 9.10. The van der Waals surface area contributed by atoms with E-state index in [2.05, 4.69) is 15.9 Å². The fraction of sp³-hybridized carbons (Fsp3) is 0.273. The molecule has 0 heterocycles. The molecular weight excluding hydrogens is 272 g/mol. The van der Waals surface area contributed by atoms with Crippen LogP contribution in [0.3, 0.4) is 0 Å². The van der Waals surface area contributed by atoms with Crippen LogP contribution in [0, 0.1) is 11.3 Å². The van der Waals surface area contributed by atoms with E-state index in [-0.39, 0.29) is 23.6 Å². The second-order valence-corrected chi connectivity index (χ2v) is 4.21. The van der Waals surface area contributed by atoms with Crippen LogP contribution in [0.15, 0.2) is 22.7 Å². The van der Waals surface area contributed by atoms with E-state index in [4.69, 9.17) is 5.26 Å². The van der Waals surface area contributed by atoms with Gasteiger partial charge < -0.3 is 10.0 Å². The van der Waals surface area contributed by atoms with E-state index in [1.54, 1.807) is 19.2 Å². The van der Waals surface area contributed by atoms with Crippen molar-refractivity contribution in [1.29, 1.82) is 5.26 Å². The highest BCUT2D eigenvalue weighted by Crippen LogP contribution is 2.23. The number of aromatic hydroxyl groups is 1. The Bertz CT molecular complexity index is 440. The fourth-order valence-corrected chi connectivity index (χ4v) is 1.56. The summed E-state index contributed by atoms with van der Waals surface area (Å²) in [5.41, 5.74) is 0.239. The molecule has 5 heteroatoms. The Morgan fingerprint density at radius 2 is 2.31 bits per heavy atom. The van der Waals surface area contributed by atoms with Crippen molar-refractivity contribution in [2.45, 2.75) is 6.42 Å². The quantitative estimate of drug-likeness (QED) is 0.924. The molecule has 1 aromatic carbocycles. The van der Waals surface area contributed by atoms with Crippen molar-refractivity contribution in [2.75, 3.05) is 13.6 Å². The molecule has 0 unspecified atom stereocenters. The maximum absolute atomic E-state index is 11.8. The summed E-state index contributed by atoms with van der Waals surface area (Å²) in [6.07, 6.45) is 0.277. The van der Waals surface area contributed by atoms with E-state index >= 15 is 0 Å². The van der Waals surface area contributed by atoms with Crippen molar-refractivity contribution in [3.8, 4) is 11.8 Å². The lowest BCUT2D eigenvalue weighted by atomic mass is 10.2. The molecule has 0 aliphatic carbocycles. The Labute approximate surface area is 102 Å². The normalized spacial score (nSPS) is 9.56. The number of nitrogens with zero attached hydrogens (tertiary/aromatic N) is 2. The minimum atomic E-state index is -0.291. The largest absolute Gasteiger partial charge is 0.507 e. The molecule has 0 bridgehead atoms. The summed E-state index contributed by atoms with van der Waals surface area (Å²) in [5, 5.41) is 18.0. The zero-order valence-corrected chi connectivity index (χ0v) is 10.4. The molecular formula is C11H11BrN2O2. The first kappa shape index (κ1) is 12.5. The zero-order chi connectivity index (χ0) is 12.1. The van der Waals surface area contributed by atoms with Crippen molar-refractivity contribution >= 4 is 21.8 Å². The van der Waals surface area contributed by atoms with Crippen LogP contribution in [0.2, 0.25) is 0 Å². The first-order chi connectivity index (χ1) is 7.56. The van der Waals surface area contributed by atoms with Gasteiger partial charge in [-0.1, -0.05) is 15.9 Å². The third-order valence-corrected chi connectivity index (χ3v) is 2.59. The second-order valence-electron chi connectivity index (χ2n) is 3.30. The Morgan fingerprint density at radius 1 is 1.62 bits per heavy atom. The van der Waals surface area contributed by atoms with Crippen LogP contribution in [-0.4, -0.2) is 29.5 Å². The number of amides is 1. The van der Waals surface area contributed by atoms with Gasteiger partial charge >= 0.3 is 0 Å². The van der Waals surface area contributed by atoms with Crippen LogP contribution >= 0.6 is 15.9 Å².